The Kier molecular flexibility index (Phi) is 7.83. The molecule has 1 aromatic carbocycles. The van der Waals surface area contributed by atoms with Crippen LogP contribution in [-0.2, 0) is 4.79 Å². The third kappa shape index (κ3) is 6.08. The molecule has 0 aliphatic rings. The lowest BCUT2D eigenvalue weighted by atomic mass is 10.2. The Bertz CT molecular complexity index is 921. The molecule has 1 N–H and O–H groups in total. The van der Waals surface area contributed by atoms with Gasteiger partial charge in [0.2, 0.25) is 0 Å². The van der Waals surface area contributed by atoms with E-state index in [0.29, 0.717) is 45.2 Å². The molecule has 0 aliphatic carbocycles. The molecule has 29 heavy (non-hydrogen) atoms. The number of halogens is 1. The zero-order valence-corrected chi connectivity index (χ0v) is 18.6. The number of hydrogen-bond acceptors (Lipinski definition) is 6. The van der Waals surface area contributed by atoms with E-state index in [0.717, 1.165) is 0 Å². The number of ether oxygens (including phenoxy) is 2. The molecule has 0 saturated carbocycles. The van der Waals surface area contributed by atoms with E-state index < -0.39 is 0 Å². The average Bonchev–Trinajstić information content (AvgIpc) is 2.99. The quantitative estimate of drug-likeness (QED) is 0.476. The average molecular weight is 466 g/mol. The van der Waals surface area contributed by atoms with Crippen LogP contribution in [0.25, 0.3) is 0 Å². The number of benzene rings is 1. The van der Waals surface area contributed by atoms with Crippen LogP contribution in [0.3, 0.4) is 0 Å². The maximum Gasteiger partial charge on any atom is 0.274 e. The number of carbonyl (C=O) groups is 2. The van der Waals surface area contributed by atoms with Crippen LogP contribution in [0.5, 0.6) is 11.5 Å². The standard InChI is InChI=1S/C20H24BrN3O5/c1-6-27-17-9-14(8-16(21)19(17)28-11-18(25)24(4)5)10-22-23-20(26)15-7-12(2)29-13(15)3/h7-10H,6,11H2,1-5H3,(H,23,26)/b22-10+. The summed E-state index contributed by atoms with van der Waals surface area (Å²) in [5.74, 6) is 1.55. The second-order valence-electron chi connectivity index (χ2n) is 6.37. The zero-order chi connectivity index (χ0) is 21.6. The number of likely N-dealkylation sites (N-methyl/N-ethyl adjacent to an activating group) is 1. The number of hydrazone groups is 1. The fraction of sp³-hybridized carbons (Fsp3) is 0.350. The molecule has 9 heteroatoms. The summed E-state index contributed by atoms with van der Waals surface area (Å²) in [4.78, 5) is 25.4. The summed E-state index contributed by atoms with van der Waals surface area (Å²) in [5, 5.41) is 3.99. The molecular weight excluding hydrogens is 442 g/mol. The molecule has 0 saturated heterocycles. The summed E-state index contributed by atoms with van der Waals surface area (Å²) in [7, 11) is 3.31. The number of amides is 2. The van der Waals surface area contributed by atoms with Crippen LogP contribution < -0.4 is 14.9 Å². The molecule has 156 valence electrons. The van der Waals surface area contributed by atoms with Crippen LogP contribution in [0.4, 0.5) is 0 Å². The lowest BCUT2D eigenvalue weighted by molar-refractivity contribution is -0.130. The third-order valence-electron chi connectivity index (χ3n) is 3.84. The predicted octanol–water partition coefficient (Wildman–Crippen LogP) is 3.29. The third-order valence-corrected chi connectivity index (χ3v) is 4.42. The molecular formula is C20H24BrN3O5. The number of rotatable bonds is 8. The number of aryl methyl sites for hydroxylation is 2. The van der Waals surface area contributed by atoms with Crippen LogP contribution in [0.1, 0.15) is 34.4 Å². The highest BCUT2D eigenvalue weighted by Gasteiger charge is 2.15. The summed E-state index contributed by atoms with van der Waals surface area (Å²) in [5.41, 5.74) is 3.58. The van der Waals surface area contributed by atoms with Crippen molar-refractivity contribution in [3.8, 4) is 11.5 Å². The van der Waals surface area contributed by atoms with Crippen LogP contribution >= 0.6 is 15.9 Å². The van der Waals surface area contributed by atoms with Gasteiger partial charge >= 0.3 is 0 Å². The summed E-state index contributed by atoms with van der Waals surface area (Å²) < 4.78 is 17.2. The molecule has 0 bridgehead atoms. The normalized spacial score (nSPS) is 10.8. The van der Waals surface area contributed by atoms with Crippen molar-refractivity contribution in [2.75, 3.05) is 27.3 Å². The molecule has 2 rings (SSSR count). The van der Waals surface area contributed by atoms with Crippen molar-refractivity contribution in [3.05, 3.63) is 45.3 Å². The highest BCUT2D eigenvalue weighted by molar-refractivity contribution is 9.10. The van der Waals surface area contributed by atoms with E-state index in [-0.39, 0.29) is 18.4 Å². The van der Waals surface area contributed by atoms with E-state index in [4.69, 9.17) is 13.9 Å². The number of nitrogens with one attached hydrogen (secondary N) is 1. The van der Waals surface area contributed by atoms with Crippen molar-refractivity contribution < 1.29 is 23.5 Å². The van der Waals surface area contributed by atoms with Gasteiger partial charge in [-0.2, -0.15) is 5.10 Å². The largest absolute Gasteiger partial charge is 0.490 e. The fourth-order valence-corrected chi connectivity index (χ4v) is 2.98. The van der Waals surface area contributed by atoms with Gasteiger partial charge in [-0.25, -0.2) is 5.43 Å². The van der Waals surface area contributed by atoms with Gasteiger partial charge in [-0.15, -0.1) is 0 Å². The lowest BCUT2D eigenvalue weighted by Crippen LogP contribution is -2.27. The maximum absolute atomic E-state index is 12.2. The highest BCUT2D eigenvalue weighted by atomic mass is 79.9. The van der Waals surface area contributed by atoms with E-state index in [9.17, 15) is 9.59 Å². The van der Waals surface area contributed by atoms with Crippen molar-refractivity contribution in [2.45, 2.75) is 20.8 Å². The Morgan fingerprint density at radius 2 is 1.97 bits per heavy atom. The monoisotopic (exact) mass is 465 g/mol. The van der Waals surface area contributed by atoms with Gasteiger partial charge in [0.05, 0.1) is 22.9 Å². The van der Waals surface area contributed by atoms with Crippen molar-refractivity contribution >= 4 is 34.0 Å². The maximum atomic E-state index is 12.2. The SMILES string of the molecule is CCOc1cc(/C=N/NC(=O)c2cc(C)oc2C)cc(Br)c1OCC(=O)N(C)C. The van der Waals surface area contributed by atoms with Crippen molar-refractivity contribution in [1.82, 2.24) is 10.3 Å². The van der Waals surface area contributed by atoms with E-state index in [2.05, 4.69) is 26.5 Å². The smallest absolute Gasteiger partial charge is 0.274 e. The summed E-state index contributed by atoms with van der Waals surface area (Å²) in [6.45, 7) is 5.64. The van der Waals surface area contributed by atoms with Crippen molar-refractivity contribution in [2.24, 2.45) is 5.10 Å². The number of furan rings is 1. The van der Waals surface area contributed by atoms with Gasteiger partial charge < -0.3 is 18.8 Å². The topological polar surface area (TPSA) is 93.4 Å². The second-order valence-corrected chi connectivity index (χ2v) is 7.22. The van der Waals surface area contributed by atoms with E-state index in [1.54, 1.807) is 46.1 Å². The Labute approximate surface area is 178 Å². The van der Waals surface area contributed by atoms with Gasteiger partial charge in [0.15, 0.2) is 18.1 Å². The predicted molar refractivity (Wildman–Crippen MR) is 113 cm³/mol. The van der Waals surface area contributed by atoms with E-state index >= 15 is 0 Å². The number of carbonyl (C=O) groups excluding carboxylic acids is 2. The summed E-state index contributed by atoms with van der Waals surface area (Å²) >= 11 is 3.43. The Morgan fingerprint density at radius 3 is 2.55 bits per heavy atom. The first kappa shape index (κ1) is 22.5. The van der Waals surface area contributed by atoms with Gasteiger partial charge in [-0.3, -0.25) is 9.59 Å². The zero-order valence-electron chi connectivity index (χ0n) is 17.0. The molecule has 1 heterocycles. The van der Waals surface area contributed by atoms with E-state index in [1.807, 2.05) is 6.92 Å². The van der Waals surface area contributed by atoms with Gasteiger partial charge in [0.25, 0.3) is 11.8 Å². The molecule has 0 fully saturated rings. The molecule has 0 atom stereocenters. The van der Waals surface area contributed by atoms with Crippen LogP contribution in [0, 0.1) is 13.8 Å². The second kappa shape index (κ2) is 10.1. The van der Waals surface area contributed by atoms with Crippen molar-refractivity contribution in [3.63, 3.8) is 0 Å². The van der Waals surface area contributed by atoms with Crippen molar-refractivity contribution in [1.29, 1.82) is 0 Å². The molecule has 0 spiro atoms. The van der Waals surface area contributed by atoms with E-state index in [1.165, 1.54) is 11.1 Å². The first-order valence-electron chi connectivity index (χ1n) is 8.92. The first-order valence-corrected chi connectivity index (χ1v) is 9.72. The number of nitrogens with zero attached hydrogens (tertiary/aromatic N) is 2. The molecule has 0 radical (unpaired) electrons. The molecule has 0 unspecified atom stereocenters. The summed E-state index contributed by atoms with van der Waals surface area (Å²) in [6, 6.07) is 5.12. The highest BCUT2D eigenvalue weighted by Crippen LogP contribution is 2.36. The van der Waals surface area contributed by atoms with Gasteiger partial charge in [-0.05, 0) is 60.5 Å². The molecule has 2 aromatic rings. The minimum atomic E-state index is -0.359. The Hall–Kier alpha value is -2.81. The minimum Gasteiger partial charge on any atom is -0.490 e. The van der Waals surface area contributed by atoms with Crippen LogP contribution in [0.15, 0.2) is 32.2 Å². The molecule has 1 aromatic heterocycles. The first-order chi connectivity index (χ1) is 13.7. The molecule has 2 amide bonds. The van der Waals surface area contributed by atoms with Gasteiger partial charge in [0, 0.05) is 14.1 Å². The Morgan fingerprint density at radius 1 is 1.24 bits per heavy atom. The fourth-order valence-electron chi connectivity index (χ4n) is 2.41. The molecule has 8 nitrogen and oxygen atoms in total. The summed E-state index contributed by atoms with van der Waals surface area (Å²) in [6.07, 6.45) is 1.49. The molecule has 0 aliphatic heterocycles. The van der Waals surface area contributed by atoms with Gasteiger partial charge in [0.1, 0.15) is 11.5 Å². The Balaban J connectivity index is 2.14. The van der Waals surface area contributed by atoms with Crippen LogP contribution in [0.2, 0.25) is 0 Å². The number of hydrogen-bond donors (Lipinski definition) is 1. The lowest BCUT2D eigenvalue weighted by Gasteiger charge is -2.16. The minimum absolute atomic E-state index is 0.112. The van der Waals surface area contributed by atoms with Crippen LogP contribution in [-0.4, -0.2) is 50.2 Å². The van der Waals surface area contributed by atoms with Gasteiger partial charge in [-0.1, -0.05) is 0 Å².